The molecule has 1 N–H and O–H groups in total. The first-order valence-corrected chi connectivity index (χ1v) is 17.6. The van der Waals surface area contributed by atoms with Crippen molar-refractivity contribution in [3.63, 3.8) is 0 Å². The maximum Gasteiger partial charge on any atom is 0.271 e. The lowest BCUT2D eigenvalue weighted by Gasteiger charge is -2.34. The molecule has 48 heavy (non-hydrogen) atoms. The maximum atomic E-state index is 14.6. The fraction of sp³-hybridized carbons (Fsp3) is 0.257. The van der Waals surface area contributed by atoms with Gasteiger partial charge in [-0.2, -0.15) is 0 Å². The molecule has 4 aromatic rings. The summed E-state index contributed by atoms with van der Waals surface area (Å²) in [5, 5.41) is 15.3. The standard InChI is InChI=1S/C35H34Cl2N4O6S/c36-31-19-18-26(20-32(31)37)23-39(33(21-25-10-3-1-4-11-25)35(43)38-27-12-7-8-13-27)34(42)24-40(28-14-9-15-29(22-28)41(44)45)48(46,47)30-16-5-2-6-17-30/h1-6,9-11,14-20,22,27,33H,7-8,12-13,21,23-24H2,(H,38,43). The van der Waals surface area contributed by atoms with Crippen LogP contribution < -0.4 is 9.62 Å². The predicted molar refractivity (Wildman–Crippen MR) is 185 cm³/mol. The Bertz CT molecular complexity index is 1870. The van der Waals surface area contributed by atoms with E-state index in [1.165, 1.54) is 35.2 Å². The van der Waals surface area contributed by atoms with E-state index in [1.54, 1.807) is 36.4 Å². The van der Waals surface area contributed by atoms with Crippen LogP contribution in [0.1, 0.15) is 36.8 Å². The number of hydrogen-bond donors (Lipinski definition) is 1. The first-order chi connectivity index (χ1) is 23.0. The lowest BCUT2D eigenvalue weighted by atomic mass is 10.0. The molecule has 5 rings (SSSR count). The van der Waals surface area contributed by atoms with Gasteiger partial charge in [-0.3, -0.25) is 24.0 Å². The van der Waals surface area contributed by atoms with Gasteiger partial charge in [0.1, 0.15) is 12.6 Å². The van der Waals surface area contributed by atoms with Gasteiger partial charge in [-0.1, -0.05) is 96.7 Å². The molecule has 13 heteroatoms. The number of carbonyl (C=O) groups is 2. The molecular formula is C35H34Cl2N4O6S. The molecule has 0 aromatic heterocycles. The van der Waals surface area contributed by atoms with Gasteiger partial charge in [0.2, 0.25) is 11.8 Å². The van der Waals surface area contributed by atoms with Crippen molar-refractivity contribution in [2.45, 2.75) is 55.6 Å². The SMILES string of the molecule is O=C(NC1CCCC1)C(Cc1ccccc1)N(Cc1ccc(Cl)c(Cl)c1)C(=O)CN(c1cccc([N+](=O)[O-])c1)S(=O)(=O)c1ccccc1. The Kier molecular flexibility index (Phi) is 11.4. The Labute approximate surface area is 289 Å². The van der Waals surface area contributed by atoms with Crippen LogP contribution in [0.4, 0.5) is 11.4 Å². The highest BCUT2D eigenvalue weighted by Gasteiger charge is 2.36. The van der Waals surface area contributed by atoms with E-state index in [4.69, 9.17) is 23.2 Å². The number of carbonyl (C=O) groups excluding carboxylic acids is 2. The molecule has 1 aliphatic carbocycles. The van der Waals surface area contributed by atoms with Crippen LogP contribution in [-0.2, 0) is 32.6 Å². The zero-order valence-corrected chi connectivity index (χ0v) is 28.2. The second kappa shape index (κ2) is 15.6. The number of hydrogen-bond acceptors (Lipinski definition) is 6. The van der Waals surface area contributed by atoms with Crippen LogP contribution in [0.25, 0.3) is 0 Å². The van der Waals surface area contributed by atoms with Crippen LogP contribution in [0.15, 0.2) is 108 Å². The highest BCUT2D eigenvalue weighted by atomic mass is 35.5. The molecule has 1 fully saturated rings. The molecule has 1 atom stereocenters. The van der Waals surface area contributed by atoms with Crippen molar-refractivity contribution >= 4 is 56.4 Å². The van der Waals surface area contributed by atoms with Crippen molar-refractivity contribution < 1.29 is 22.9 Å². The van der Waals surface area contributed by atoms with Crippen LogP contribution in [0.3, 0.4) is 0 Å². The molecule has 10 nitrogen and oxygen atoms in total. The highest BCUT2D eigenvalue weighted by molar-refractivity contribution is 7.92. The minimum atomic E-state index is -4.41. The summed E-state index contributed by atoms with van der Waals surface area (Å²) in [5.41, 5.74) is 0.936. The molecule has 1 saturated carbocycles. The number of sulfonamides is 1. The summed E-state index contributed by atoms with van der Waals surface area (Å²) in [7, 11) is -4.41. The minimum Gasteiger partial charge on any atom is -0.352 e. The second-order valence-corrected chi connectivity index (χ2v) is 14.2. The van der Waals surface area contributed by atoms with E-state index in [-0.39, 0.29) is 46.2 Å². The van der Waals surface area contributed by atoms with Crippen molar-refractivity contribution in [3.05, 3.63) is 134 Å². The third-order valence-electron chi connectivity index (χ3n) is 8.25. The summed E-state index contributed by atoms with van der Waals surface area (Å²) < 4.78 is 29.1. The number of nitro benzene ring substituents is 1. The van der Waals surface area contributed by atoms with E-state index < -0.39 is 33.4 Å². The van der Waals surface area contributed by atoms with Crippen molar-refractivity contribution in [1.29, 1.82) is 0 Å². The molecule has 0 saturated heterocycles. The number of amides is 2. The molecule has 4 aromatic carbocycles. The molecule has 2 amide bonds. The number of benzene rings is 4. The monoisotopic (exact) mass is 708 g/mol. The maximum absolute atomic E-state index is 14.6. The van der Waals surface area contributed by atoms with E-state index in [2.05, 4.69) is 5.32 Å². The third-order valence-corrected chi connectivity index (χ3v) is 10.8. The van der Waals surface area contributed by atoms with E-state index in [9.17, 15) is 28.1 Å². The van der Waals surface area contributed by atoms with Crippen LogP contribution >= 0.6 is 23.2 Å². The highest BCUT2D eigenvalue weighted by Crippen LogP contribution is 2.29. The lowest BCUT2D eigenvalue weighted by Crippen LogP contribution is -2.54. The summed E-state index contributed by atoms with van der Waals surface area (Å²) >= 11 is 12.5. The predicted octanol–water partition coefficient (Wildman–Crippen LogP) is 6.80. The van der Waals surface area contributed by atoms with Gasteiger partial charge in [0.15, 0.2) is 0 Å². The topological polar surface area (TPSA) is 130 Å². The molecule has 1 unspecified atom stereocenters. The van der Waals surface area contributed by atoms with Crippen molar-refractivity contribution in [2.75, 3.05) is 10.8 Å². The number of nitrogens with zero attached hydrogens (tertiary/aromatic N) is 3. The Morgan fingerprint density at radius 2 is 1.52 bits per heavy atom. The number of non-ortho nitro benzene ring substituents is 1. The molecule has 250 valence electrons. The summed E-state index contributed by atoms with van der Waals surface area (Å²) in [6.07, 6.45) is 3.75. The zero-order valence-electron chi connectivity index (χ0n) is 25.9. The molecule has 0 radical (unpaired) electrons. The van der Waals surface area contributed by atoms with Gasteiger partial charge in [-0.15, -0.1) is 0 Å². The van der Waals surface area contributed by atoms with Gasteiger partial charge in [0.05, 0.1) is 25.6 Å². The fourth-order valence-electron chi connectivity index (χ4n) is 5.77. The van der Waals surface area contributed by atoms with Gasteiger partial charge in [0, 0.05) is 31.1 Å². The van der Waals surface area contributed by atoms with Gasteiger partial charge >= 0.3 is 0 Å². The zero-order chi connectivity index (χ0) is 34.3. The van der Waals surface area contributed by atoms with Crippen LogP contribution in [0.2, 0.25) is 10.0 Å². The summed E-state index contributed by atoms with van der Waals surface area (Å²) in [5.74, 6) is -1.07. The summed E-state index contributed by atoms with van der Waals surface area (Å²) in [6.45, 7) is -0.846. The normalized spacial score (nSPS) is 13.9. The van der Waals surface area contributed by atoms with Crippen molar-refractivity contribution in [3.8, 4) is 0 Å². The van der Waals surface area contributed by atoms with E-state index in [0.717, 1.165) is 41.6 Å². The number of anilines is 1. The van der Waals surface area contributed by atoms with Gasteiger partial charge in [0.25, 0.3) is 15.7 Å². The Hall–Kier alpha value is -4.45. The number of nitro groups is 1. The minimum absolute atomic E-state index is 0.0440. The number of rotatable bonds is 13. The molecule has 0 aliphatic heterocycles. The number of nitrogens with one attached hydrogen (secondary N) is 1. The lowest BCUT2D eigenvalue weighted by molar-refractivity contribution is -0.384. The van der Waals surface area contributed by atoms with Gasteiger partial charge in [-0.05, 0) is 54.3 Å². The smallest absolute Gasteiger partial charge is 0.271 e. The van der Waals surface area contributed by atoms with E-state index >= 15 is 0 Å². The van der Waals surface area contributed by atoms with E-state index in [1.807, 2.05) is 30.3 Å². The van der Waals surface area contributed by atoms with Gasteiger partial charge in [-0.25, -0.2) is 8.42 Å². The second-order valence-electron chi connectivity index (χ2n) is 11.6. The van der Waals surface area contributed by atoms with E-state index in [0.29, 0.717) is 10.6 Å². The average molecular weight is 710 g/mol. The average Bonchev–Trinajstić information content (AvgIpc) is 3.60. The largest absolute Gasteiger partial charge is 0.352 e. The van der Waals surface area contributed by atoms with Crippen LogP contribution in [0.5, 0.6) is 0 Å². The molecular weight excluding hydrogens is 675 g/mol. The molecule has 0 spiro atoms. The number of halogens is 2. The summed E-state index contributed by atoms with van der Waals surface area (Å²) in [6, 6.07) is 25.6. The van der Waals surface area contributed by atoms with Gasteiger partial charge < -0.3 is 10.2 Å². The third kappa shape index (κ3) is 8.52. The molecule has 0 bridgehead atoms. The Balaban J connectivity index is 1.59. The van der Waals surface area contributed by atoms with Crippen LogP contribution in [0, 0.1) is 10.1 Å². The van der Waals surface area contributed by atoms with Crippen LogP contribution in [-0.4, -0.2) is 48.7 Å². The first kappa shape index (κ1) is 34.9. The molecule has 1 aliphatic rings. The Morgan fingerprint density at radius 1 is 0.854 bits per heavy atom. The quantitative estimate of drug-likeness (QED) is 0.120. The first-order valence-electron chi connectivity index (χ1n) is 15.4. The summed E-state index contributed by atoms with van der Waals surface area (Å²) in [4.78, 5) is 41.0. The van der Waals surface area contributed by atoms with Crippen molar-refractivity contribution in [2.24, 2.45) is 0 Å². The fourth-order valence-corrected chi connectivity index (χ4v) is 7.51. The van der Waals surface area contributed by atoms with Crippen molar-refractivity contribution in [1.82, 2.24) is 10.2 Å². The molecule has 0 heterocycles. The Morgan fingerprint density at radius 3 is 2.17 bits per heavy atom.